The largest absolute Gasteiger partial charge is 0.462 e. The monoisotopic (exact) mass is 423 g/mol. The number of thioether (sulfide) groups is 1. The summed E-state index contributed by atoms with van der Waals surface area (Å²) in [6, 6.07) is 5.71. The first kappa shape index (κ1) is 19.5. The number of carbonyl (C=O) groups excluding carboxylic acids is 2. The molecule has 11 heteroatoms. The van der Waals surface area contributed by atoms with Crippen molar-refractivity contribution in [1.82, 2.24) is 20.2 Å². The fraction of sp³-hybridized carbons (Fsp3) is 0.312. The number of ether oxygens (including phenoxy) is 1. The molecule has 0 saturated heterocycles. The van der Waals surface area contributed by atoms with Gasteiger partial charge in [0.2, 0.25) is 11.1 Å². The molecule has 1 N–H and O–H groups in total. The van der Waals surface area contributed by atoms with Crippen molar-refractivity contribution in [2.45, 2.75) is 25.0 Å². The topological polar surface area (TPSA) is 99.0 Å². The minimum absolute atomic E-state index is 0.138. The molecule has 27 heavy (non-hydrogen) atoms. The van der Waals surface area contributed by atoms with Crippen molar-refractivity contribution in [3.63, 3.8) is 0 Å². The van der Waals surface area contributed by atoms with Crippen LogP contribution >= 0.6 is 34.4 Å². The highest BCUT2D eigenvalue weighted by Crippen LogP contribution is 2.25. The molecule has 3 rings (SSSR count). The van der Waals surface area contributed by atoms with Crippen LogP contribution in [0.3, 0.4) is 0 Å². The minimum atomic E-state index is -0.445. The lowest BCUT2D eigenvalue weighted by molar-refractivity contribution is -0.113. The molecular weight excluding hydrogens is 406 g/mol. The normalized spacial score (nSPS) is 10.7. The maximum absolute atomic E-state index is 12.2. The number of aryl methyl sites for hydroxylation is 2. The van der Waals surface area contributed by atoms with Crippen molar-refractivity contribution < 1.29 is 14.3 Å². The fourth-order valence-electron chi connectivity index (χ4n) is 2.18. The molecule has 0 aliphatic carbocycles. The molecule has 8 nitrogen and oxygen atoms in total. The van der Waals surface area contributed by atoms with Gasteiger partial charge in [0.25, 0.3) is 0 Å². The van der Waals surface area contributed by atoms with Gasteiger partial charge < -0.3 is 10.1 Å². The molecular formula is C16H17N5O3S3. The number of tetrazole rings is 1. The van der Waals surface area contributed by atoms with E-state index >= 15 is 0 Å². The van der Waals surface area contributed by atoms with Crippen molar-refractivity contribution in [3.05, 3.63) is 39.4 Å². The van der Waals surface area contributed by atoms with Crippen molar-refractivity contribution in [2.75, 3.05) is 17.7 Å². The third-order valence-corrected chi connectivity index (χ3v) is 6.12. The fourth-order valence-corrected chi connectivity index (χ4v) is 4.37. The Kier molecular flexibility index (Phi) is 6.96. The standard InChI is InChI=1S/C16H17N5O3S3/c1-2-24-15(23)12-6-9-26-14(12)17-13(22)10-27-16-18-19-20-21(16)7-5-11-4-3-8-25-11/h3-4,6,8-9H,2,5,7,10H2,1H3,(H,17,22). The molecule has 0 aromatic carbocycles. The maximum atomic E-state index is 12.2. The van der Waals surface area contributed by atoms with Crippen LogP contribution in [0, 0.1) is 0 Å². The summed E-state index contributed by atoms with van der Waals surface area (Å²) in [6.07, 6.45) is 0.834. The van der Waals surface area contributed by atoms with E-state index < -0.39 is 5.97 Å². The molecule has 3 aromatic rings. The van der Waals surface area contributed by atoms with Crippen molar-refractivity contribution in [2.24, 2.45) is 0 Å². The maximum Gasteiger partial charge on any atom is 0.341 e. The van der Waals surface area contributed by atoms with Gasteiger partial charge in [-0.05, 0) is 40.2 Å². The van der Waals surface area contributed by atoms with E-state index in [1.165, 1.54) is 28.0 Å². The van der Waals surface area contributed by atoms with E-state index in [2.05, 4.69) is 26.9 Å². The first-order valence-corrected chi connectivity index (χ1v) is 10.9. The van der Waals surface area contributed by atoms with Crippen LogP contribution in [-0.2, 0) is 22.5 Å². The molecule has 0 spiro atoms. The molecule has 0 atom stereocenters. The van der Waals surface area contributed by atoms with E-state index in [1.807, 2.05) is 11.4 Å². The molecule has 0 aliphatic heterocycles. The van der Waals surface area contributed by atoms with Crippen molar-refractivity contribution in [3.8, 4) is 0 Å². The number of esters is 1. The lowest BCUT2D eigenvalue weighted by Crippen LogP contribution is -2.16. The highest BCUT2D eigenvalue weighted by molar-refractivity contribution is 7.99. The molecule has 3 aromatic heterocycles. The second-order valence-corrected chi connectivity index (χ2v) is 8.13. The Morgan fingerprint density at radius 3 is 2.96 bits per heavy atom. The third kappa shape index (κ3) is 5.37. The van der Waals surface area contributed by atoms with Gasteiger partial charge >= 0.3 is 5.97 Å². The predicted octanol–water partition coefficient (Wildman–Crippen LogP) is 2.95. The number of nitrogens with one attached hydrogen (secondary N) is 1. The average molecular weight is 424 g/mol. The first-order chi connectivity index (χ1) is 13.2. The van der Waals surface area contributed by atoms with Crippen LogP contribution < -0.4 is 5.32 Å². The van der Waals surface area contributed by atoms with Gasteiger partial charge in [-0.2, -0.15) is 0 Å². The molecule has 0 unspecified atom stereocenters. The average Bonchev–Trinajstić information content (AvgIpc) is 3.40. The summed E-state index contributed by atoms with van der Waals surface area (Å²) in [5.41, 5.74) is 0.362. The van der Waals surface area contributed by atoms with Gasteiger partial charge in [-0.1, -0.05) is 17.8 Å². The van der Waals surface area contributed by atoms with Crippen LogP contribution in [0.4, 0.5) is 5.00 Å². The molecule has 0 saturated carbocycles. The van der Waals surface area contributed by atoms with Crippen LogP contribution in [0.2, 0.25) is 0 Å². The summed E-state index contributed by atoms with van der Waals surface area (Å²) >= 11 is 4.22. The third-order valence-electron chi connectivity index (χ3n) is 3.40. The second kappa shape index (κ2) is 9.62. The van der Waals surface area contributed by atoms with Gasteiger partial charge in [-0.3, -0.25) is 4.79 Å². The van der Waals surface area contributed by atoms with E-state index in [9.17, 15) is 9.59 Å². The van der Waals surface area contributed by atoms with Gasteiger partial charge in [0.15, 0.2) is 0 Å². The summed E-state index contributed by atoms with van der Waals surface area (Å²) in [5.74, 6) is -0.542. The highest BCUT2D eigenvalue weighted by atomic mass is 32.2. The predicted molar refractivity (Wildman–Crippen MR) is 105 cm³/mol. The van der Waals surface area contributed by atoms with Crippen molar-refractivity contribution >= 4 is 51.3 Å². The summed E-state index contributed by atoms with van der Waals surface area (Å²) in [6.45, 7) is 2.67. The van der Waals surface area contributed by atoms with Gasteiger partial charge in [-0.25, -0.2) is 9.48 Å². The number of amides is 1. The van der Waals surface area contributed by atoms with E-state index in [0.29, 0.717) is 22.3 Å². The van der Waals surface area contributed by atoms with Crippen LogP contribution in [0.1, 0.15) is 22.2 Å². The Morgan fingerprint density at radius 1 is 1.30 bits per heavy atom. The lowest BCUT2D eigenvalue weighted by atomic mass is 10.3. The summed E-state index contributed by atoms with van der Waals surface area (Å²) in [4.78, 5) is 25.4. The van der Waals surface area contributed by atoms with Gasteiger partial charge in [0.1, 0.15) is 5.00 Å². The number of carbonyl (C=O) groups is 2. The Morgan fingerprint density at radius 2 is 2.19 bits per heavy atom. The van der Waals surface area contributed by atoms with E-state index in [1.54, 1.807) is 34.4 Å². The Balaban J connectivity index is 1.52. The van der Waals surface area contributed by atoms with Gasteiger partial charge in [0, 0.05) is 11.3 Å². The first-order valence-electron chi connectivity index (χ1n) is 8.13. The Labute approximate surface area is 167 Å². The number of aromatic nitrogens is 4. The van der Waals surface area contributed by atoms with Crippen LogP contribution in [-0.4, -0.2) is 44.4 Å². The highest BCUT2D eigenvalue weighted by Gasteiger charge is 2.17. The number of thiophene rings is 2. The summed E-state index contributed by atoms with van der Waals surface area (Å²) in [7, 11) is 0. The van der Waals surface area contributed by atoms with Gasteiger partial charge in [-0.15, -0.1) is 27.8 Å². The molecule has 0 radical (unpaired) electrons. The molecule has 0 aliphatic rings. The number of hydrogen-bond acceptors (Lipinski definition) is 9. The van der Waals surface area contributed by atoms with Crippen LogP contribution in [0.15, 0.2) is 34.1 Å². The summed E-state index contributed by atoms with van der Waals surface area (Å²) in [5, 5.41) is 19.2. The van der Waals surface area contributed by atoms with Crippen LogP contribution in [0.5, 0.6) is 0 Å². The van der Waals surface area contributed by atoms with E-state index in [-0.39, 0.29) is 18.3 Å². The number of rotatable bonds is 9. The number of anilines is 1. The lowest BCUT2D eigenvalue weighted by Gasteiger charge is -2.06. The van der Waals surface area contributed by atoms with Crippen molar-refractivity contribution in [1.29, 1.82) is 0 Å². The zero-order valence-electron chi connectivity index (χ0n) is 14.5. The SMILES string of the molecule is CCOC(=O)c1ccsc1NC(=O)CSc1nnnn1CCc1cccs1. The number of hydrogen-bond donors (Lipinski definition) is 1. The number of nitrogens with zero attached hydrogens (tertiary/aromatic N) is 4. The van der Waals surface area contributed by atoms with Crippen LogP contribution in [0.25, 0.3) is 0 Å². The smallest absolute Gasteiger partial charge is 0.341 e. The Hall–Kier alpha value is -2.24. The zero-order valence-corrected chi connectivity index (χ0v) is 16.9. The van der Waals surface area contributed by atoms with E-state index in [0.717, 1.165) is 6.42 Å². The Bertz CT molecular complexity index is 891. The molecule has 0 fully saturated rings. The quantitative estimate of drug-likeness (QED) is 0.417. The second-order valence-electron chi connectivity index (χ2n) is 5.23. The van der Waals surface area contributed by atoms with E-state index in [4.69, 9.17) is 4.74 Å². The molecule has 142 valence electrons. The molecule has 3 heterocycles. The zero-order chi connectivity index (χ0) is 19.1. The molecule has 0 bridgehead atoms. The molecule has 1 amide bonds. The van der Waals surface area contributed by atoms with Gasteiger partial charge in [0.05, 0.1) is 24.5 Å². The summed E-state index contributed by atoms with van der Waals surface area (Å²) < 4.78 is 6.67. The minimum Gasteiger partial charge on any atom is -0.462 e.